The molecule has 1 unspecified atom stereocenters. The van der Waals surface area contributed by atoms with Crippen molar-refractivity contribution in [3.8, 4) is 0 Å². The van der Waals surface area contributed by atoms with Gasteiger partial charge < -0.3 is 4.74 Å². The lowest BCUT2D eigenvalue weighted by molar-refractivity contribution is 0.0232. The van der Waals surface area contributed by atoms with Gasteiger partial charge >= 0.3 is 12.5 Å². The molecule has 0 saturated heterocycles. The van der Waals surface area contributed by atoms with E-state index in [4.69, 9.17) is 4.74 Å². The van der Waals surface area contributed by atoms with Crippen LogP contribution in [0, 0.1) is 0 Å². The summed E-state index contributed by atoms with van der Waals surface area (Å²) in [5.74, 6) is -0.602. The molecule has 0 N–H and O–H groups in total. The molecule has 0 aliphatic carbocycles. The number of carbonyl (C=O) groups excluding carboxylic acids is 1. The fourth-order valence-electron chi connectivity index (χ4n) is 2.46. The zero-order valence-electron chi connectivity index (χ0n) is 12.6. The van der Waals surface area contributed by atoms with Crippen molar-refractivity contribution >= 4 is 32.9 Å². The molecule has 3 aromatic rings. The van der Waals surface area contributed by atoms with E-state index in [-0.39, 0.29) is 5.82 Å². The van der Waals surface area contributed by atoms with Crippen LogP contribution in [0.5, 0.6) is 0 Å². The van der Waals surface area contributed by atoms with Gasteiger partial charge in [0.15, 0.2) is 11.9 Å². The summed E-state index contributed by atoms with van der Waals surface area (Å²) >= 11 is 3.27. The topological polar surface area (TPSA) is 44.1 Å². The van der Waals surface area contributed by atoms with E-state index in [1.807, 2.05) is 0 Å². The van der Waals surface area contributed by atoms with Crippen LogP contribution in [0.4, 0.5) is 8.78 Å². The average Bonchev–Trinajstić information content (AvgIpc) is 2.95. The predicted octanol–water partition coefficient (Wildman–Crippen LogP) is 5.11. The highest BCUT2D eigenvalue weighted by Gasteiger charge is 2.25. The van der Waals surface area contributed by atoms with E-state index in [2.05, 4.69) is 20.9 Å². The minimum atomic E-state index is -2.78. The number of fused-ring (bicyclic) bond motifs is 1. The zero-order chi connectivity index (χ0) is 17.3. The molecule has 0 saturated carbocycles. The fourth-order valence-corrected chi connectivity index (χ4v) is 2.91. The summed E-state index contributed by atoms with van der Waals surface area (Å²) in [6.07, 6.45) is -0.925. The molecule has 0 bridgehead atoms. The van der Waals surface area contributed by atoms with E-state index in [0.717, 1.165) is 4.57 Å². The average molecular weight is 395 g/mol. The molecule has 0 amide bonds. The Labute approximate surface area is 145 Å². The first-order valence-corrected chi connectivity index (χ1v) is 7.99. The third-order valence-electron chi connectivity index (χ3n) is 3.56. The number of hydrogen-bond acceptors (Lipinski definition) is 3. The van der Waals surface area contributed by atoms with E-state index in [1.54, 1.807) is 48.5 Å². The second-order valence-corrected chi connectivity index (χ2v) is 5.99. The molecule has 0 spiro atoms. The standard InChI is InChI=1S/C17H13BrF2N2O2/c1-10(24-16(23)11-6-2-3-7-12(11)18)15-21-13-8-4-5-9-14(13)22(15)17(19)20/h2-10,17H,1H3. The van der Waals surface area contributed by atoms with Gasteiger partial charge in [-0.3, -0.25) is 4.57 Å². The number of rotatable bonds is 4. The normalized spacial score (nSPS) is 12.5. The predicted molar refractivity (Wildman–Crippen MR) is 89.0 cm³/mol. The van der Waals surface area contributed by atoms with Crippen LogP contribution in [-0.4, -0.2) is 15.5 Å². The van der Waals surface area contributed by atoms with Crippen LogP contribution in [0.1, 0.15) is 35.8 Å². The van der Waals surface area contributed by atoms with Crippen molar-refractivity contribution in [2.45, 2.75) is 19.6 Å². The van der Waals surface area contributed by atoms with Crippen molar-refractivity contribution in [3.63, 3.8) is 0 Å². The van der Waals surface area contributed by atoms with Crippen molar-refractivity contribution in [1.82, 2.24) is 9.55 Å². The van der Waals surface area contributed by atoms with Gasteiger partial charge in [-0.1, -0.05) is 24.3 Å². The van der Waals surface area contributed by atoms with Gasteiger partial charge in [-0.05, 0) is 47.1 Å². The number of imidazole rings is 1. The van der Waals surface area contributed by atoms with Gasteiger partial charge in [0.05, 0.1) is 16.6 Å². The summed E-state index contributed by atoms with van der Waals surface area (Å²) in [5, 5.41) is 0. The first kappa shape index (κ1) is 16.6. The summed E-state index contributed by atoms with van der Waals surface area (Å²) in [5.41, 5.74) is 1.05. The van der Waals surface area contributed by atoms with Gasteiger partial charge in [-0.2, -0.15) is 8.78 Å². The van der Waals surface area contributed by atoms with Crippen molar-refractivity contribution in [2.75, 3.05) is 0 Å². The Morgan fingerprint density at radius 2 is 1.83 bits per heavy atom. The van der Waals surface area contributed by atoms with Crippen molar-refractivity contribution < 1.29 is 18.3 Å². The van der Waals surface area contributed by atoms with E-state index in [1.165, 1.54) is 6.92 Å². The van der Waals surface area contributed by atoms with E-state index < -0.39 is 18.6 Å². The number of benzene rings is 2. The van der Waals surface area contributed by atoms with Crippen LogP contribution in [0.2, 0.25) is 0 Å². The van der Waals surface area contributed by atoms with Gasteiger partial charge in [-0.25, -0.2) is 9.78 Å². The molecule has 0 fully saturated rings. The van der Waals surface area contributed by atoms with Gasteiger partial charge in [-0.15, -0.1) is 0 Å². The van der Waals surface area contributed by atoms with E-state index in [0.29, 0.717) is 21.1 Å². The highest BCUT2D eigenvalue weighted by molar-refractivity contribution is 9.10. The number of aromatic nitrogens is 2. The molecule has 1 atom stereocenters. The Kier molecular flexibility index (Phi) is 4.62. The molecule has 2 aromatic carbocycles. The molecule has 4 nitrogen and oxygen atoms in total. The minimum absolute atomic E-state index is 0.00611. The van der Waals surface area contributed by atoms with Crippen molar-refractivity contribution in [3.05, 3.63) is 64.4 Å². The molecule has 0 aliphatic heterocycles. The molecule has 24 heavy (non-hydrogen) atoms. The molecular weight excluding hydrogens is 382 g/mol. The third-order valence-corrected chi connectivity index (χ3v) is 4.25. The summed E-state index contributed by atoms with van der Waals surface area (Å²) in [4.78, 5) is 16.5. The van der Waals surface area contributed by atoms with Crippen molar-refractivity contribution in [2.24, 2.45) is 0 Å². The fraction of sp³-hybridized carbons (Fsp3) is 0.176. The number of hydrogen-bond donors (Lipinski definition) is 0. The number of alkyl halides is 2. The molecule has 1 heterocycles. The molecular formula is C17H13BrF2N2O2. The monoisotopic (exact) mass is 394 g/mol. The first-order valence-electron chi connectivity index (χ1n) is 7.19. The van der Waals surface area contributed by atoms with Crippen LogP contribution in [-0.2, 0) is 4.74 Å². The van der Waals surface area contributed by atoms with Crippen LogP contribution in [0.3, 0.4) is 0 Å². The zero-order valence-corrected chi connectivity index (χ0v) is 14.2. The summed E-state index contributed by atoms with van der Waals surface area (Å²) < 4.78 is 33.6. The van der Waals surface area contributed by atoms with E-state index >= 15 is 0 Å². The maximum Gasteiger partial charge on any atom is 0.339 e. The Bertz CT molecular complexity index is 895. The molecule has 124 valence electrons. The molecule has 0 radical (unpaired) electrons. The van der Waals surface area contributed by atoms with Gasteiger partial charge in [0, 0.05) is 4.47 Å². The smallest absolute Gasteiger partial charge is 0.339 e. The largest absolute Gasteiger partial charge is 0.451 e. The van der Waals surface area contributed by atoms with Gasteiger partial charge in [0.25, 0.3) is 0 Å². The second-order valence-electron chi connectivity index (χ2n) is 5.13. The van der Waals surface area contributed by atoms with E-state index in [9.17, 15) is 13.6 Å². The number of halogens is 3. The summed E-state index contributed by atoms with van der Waals surface area (Å²) in [7, 11) is 0. The summed E-state index contributed by atoms with van der Waals surface area (Å²) in [6, 6.07) is 13.3. The van der Waals surface area contributed by atoms with Crippen molar-refractivity contribution in [1.29, 1.82) is 0 Å². The molecule has 3 rings (SSSR count). The third kappa shape index (κ3) is 3.03. The molecule has 0 aliphatic rings. The Morgan fingerprint density at radius 1 is 1.17 bits per heavy atom. The highest BCUT2D eigenvalue weighted by Crippen LogP contribution is 2.29. The number of nitrogens with zero attached hydrogens (tertiary/aromatic N) is 2. The molecule has 1 aromatic heterocycles. The lowest BCUT2D eigenvalue weighted by atomic mass is 10.2. The Balaban J connectivity index is 1.94. The number of carbonyl (C=O) groups is 1. The number of para-hydroxylation sites is 2. The van der Waals surface area contributed by atoms with Crippen LogP contribution in [0.15, 0.2) is 53.0 Å². The lowest BCUT2D eigenvalue weighted by Gasteiger charge is -2.15. The maximum absolute atomic E-state index is 13.5. The SMILES string of the molecule is CC(OC(=O)c1ccccc1Br)c1nc2ccccc2n1C(F)F. The Hall–Kier alpha value is -2.28. The van der Waals surface area contributed by atoms with Crippen LogP contribution in [0.25, 0.3) is 11.0 Å². The quantitative estimate of drug-likeness (QED) is 0.577. The van der Waals surface area contributed by atoms with Crippen LogP contribution >= 0.6 is 15.9 Å². The van der Waals surface area contributed by atoms with Gasteiger partial charge in [0.1, 0.15) is 0 Å². The number of ether oxygens (including phenoxy) is 1. The van der Waals surface area contributed by atoms with Crippen LogP contribution < -0.4 is 0 Å². The minimum Gasteiger partial charge on any atom is -0.451 e. The molecule has 7 heteroatoms. The second kappa shape index (κ2) is 6.68. The maximum atomic E-state index is 13.5. The summed E-state index contributed by atoms with van der Waals surface area (Å²) in [6.45, 7) is -1.26. The highest BCUT2D eigenvalue weighted by atomic mass is 79.9. The number of esters is 1. The first-order chi connectivity index (χ1) is 11.5. The lowest BCUT2D eigenvalue weighted by Crippen LogP contribution is -2.15. The van der Waals surface area contributed by atoms with Gasteiger partial charge in [0.2, 0.25) is 0 Å². The Morgan fingerprint density at radius 3 is 2.54 bits per heavy atom.